The van der Waals surface area contributed by atoms with Crippen LogP contribution in [0.3, 0.4) is 0 Å². The van der Waals surface area contributed by atoms with Crippen molar-refractivity contribution in [1.29, 1.82) is 0 Å². The second-order valence-corrected chi connectivity index (χ2v) is 5.05. The summed E-state index contributed by atoms with van der Waals surface area (Å²) in [6, 6.07) is 0. The van der Waals surface area contributed by atoms with Crippen LogP contribution in [0.5, 0.6) is 0 Å². The standard InChI is InChI=1S/C11H22N2O3/c1-11(2,13-10(14)15)6-8-7-12-5-4-9(8)16-3/h8-9,12-13H,4-7H2,1-3H3,(H,14,15)/t8-,9-/m0/s1. The molecule has 0 aromatic carbocycles. The minimum atomic E-state index is -0.970. The van der Waals surface area contributed by atoms with Crippen LogP contribution in [0, 0.1) is 5.92 Å². The molecule has 0 spiro atoms. The van der Waals surface area contributed by atoms with Crippen molar-refractivity contribution in [3.63, 3.8) is 0 Å². The van der Waals surface area contributed by atoms with Gasteiger partial charge in [0.05, 0.1) is 6.10 Å². The molecule has 0 saturated carbocycles. The first-order chi connectivity index (χ1) is 7.44. The van der Waals surface area contributed by atoms with E-state index in [4.69, 9.17) is 9.84 Å². The smallest absolute Gasteiger partial charge is 0.405 e. The summed E-state index contributed by atoms with van der Waals surface area (Å²) in [6.07, 6.45) is 1.04. The summed E-state index contributed by atoms with van der Waals surface area (Å²) in [5, 5.41) is 14.6. The van der Waals surface area contributed by atoms with Crippen LogP contribution >= 0.6 is 0 Å². The summed E-state index contributed by atoms with van der Waals surface area (Å²) < 4.78 is 5.44. The van der Waals surface area contributed by atoms with E-state index in [0.29, 0.717) is 5.92 Å². The third-order valence-electron chi connectivity index (χ3n) is 3.06. The van der Waals surface area contributed by atoms with Gasteiger partial charge in [-0.25, -0.2) is 4.79 Å². The van der Waals surface area contributed by atoms with E-state index in [1.165, 1.54) is 0 Å². The molecule has 5 nitrogen and oxygen atoms in total. The lowest BCUT2D eigenvalue weighted by atomic mass is 9.84. The van der Waals surface area contributed by atoms with Crippen LogP contribution in [0.25, 0.3) is 0 Å². The number of amides is 1. The molecule has 1 saturated heterocycles. The van der Waals surface area contributed by atoms with Gasteiger partial charge in [0.1, 0.15) is 0 Å². The Morgan fingerprint density at radius 3 is 2.88 bits per heavy atom. The van der Waals surface area contributed by atoms with Crippen molar-refractivity contribution < 1.29 is 14.6 Å². The number of rotatable bonds is 4. The highest BCUT2D eigenvalue weighted by Gasteiger charge is 2.31. The summed E-state index contributed by atoms with van der Waals surface area (Å²) in [5.41, 5.74) is -0.410. The number of nitrogens with one attached hydrogen (secondary N) is 2. The van der Waals surface area contributed by atoms with E-state index < -0.39 is 11.6 Å². The fourth-order valence-corrected chi connectivity index (χ4v) is 2.41. The lowest BCUT2D eigenvalue weighted by Crippen LogP contribution is -2.49. The molecule has 94 valence electrons. The molecule has 5 heteroatoms. The molecule has 16 heavy (non-hydrogen) atoms. The second kappa shape index (κ2) is 5.50. The normalized spacial score (nSPS) is 26.4. The van der Waals surface area contributed by atoms with Crippen LogP contribution in [0.15, 0.2) is 0 Å². The van der Waals surface area contributed by atoms with Crippen LogP contribution in [0.4, 0.5) is 4.79 Å². The van der Waals surface area contributed by atoms with Gasteiger partial charge in [-0.2, -0.15) is 0 Å². The van der Waals surface area contributed by atoms with Gasteiger partial charge < -0.3 is 20.5 Å². The Balaban J connectivity index is 2.52. The van der Waals surface area contributed by atoms with E-state index in [1.807, 2.05) is 13.8 Å². The molecule has 0 bridgehead atoms. The zero-order valence-corrected chi connectivity index (χ0v) is 10.2. The van der Waals surface area contributed by atoms with Crippen molar-refractivity contribution in [3.8, 4) is 0 Å². The Kier molecular flexibility index (Phi) is 4.56. The predicted molar refractivity (Wildman–Crippen MR) is 61.6 cm³/mol. The van der Waals surface area contributed by atoms with Gasteiger partial charge in [0, 0.05) is 19.2 Å². The molecule has 1 rings (SSSR count). The maximum atomic E-state index is 10.6. The highest BCUT2D eigenvalue weighted by Crippen LogP contribution is 2.24. The monoisotopic (exact) mass is 230 g/mol. The number of ether oxygens (including phenoxy) is 1. The van der Waals surface area contributed by atoms with Gasteiger partial charge in [-0.3, -0.25) is 0 Å². The second-order valence-electron chi connectivity index (χ2n) is 5.05. The summed E-state index contributed by atoms with van der Waals surface area (Å²) in [4.78, 5) is 10.6. The lowest BCUT2D eigenvalue weighted by Gasteiger charge is -2.36. The van der Waals surface area contributed by atoms with Gasteiger partial charge in [-0.15, -0.1) is 0 Å². The number of carboxylic acid groups (broad SMARTS) is 1. The zero-order chi connectivity index (χ0) is 12.2. The largest absolute Gasteiger partial charge is 0.465 e. The molecule has 1 aliphatic rings. The Morgan fingerprint density at radius 1 is 1.62 bits per heavy atom. The van der Waals surface area contributed by atoms with Crippen LogP contribution in [-0.4, -0.2) is 43.0 Å². The first-order valence-electron chi connectivity index (χ1n) is 5.69. The molecule has 3 N–H and O–H groups in total. The number of hydrogen-bond acceptors (Lipinski definition) is 3. The average Bonchev–Trinajstić information content (AvgIpc) is 2.15. The van der Waals surface area contributed by atoms with Gasteiger partial charge >= 0.3 is 6.09 Å². The molecule has 1 heterocycles. The number of methoxy groups -OCH3 is 1. The quantitative estimate of drug-likeness (QED) is 0.675. The van der Waals surface area contributed by atoms with Crippen molar-refractivity contribution in [2.24, 2.45) is 5.92 Å². The summed E-state index contributed by atoms with van der Waals surface area (Å²) in [5.74, 6) is 0.362. The van der Waals surface area contributed by atoms with E-state index in [-0.39, 0.29) is 6.10 Å². The minimum absolute atomic E-state index is 0.233. The van der Waals surface area contributed by atoms with E-state index >= 15 is 0 Å². The predicted octanol–water partition coefficient (Wildman–Crippen LogP) is 1.05. The van der Waals surface area contributed by atoms with E-state index in [9.17, 15) is 4.79 Å². The van der Waals surface area contributed by atoms with Crippen LogP contribution < -0.4 is 10.6 Å². The highest BCUT2D eigenvalue weighted by molar-refractivity contribution is 5.65. The van der Waals surface area contributed by atoms with Crippen molar-refractivity contribution in [1.82, 2.24) is 10.6 Å². The fraction of sp³-hybridized carbons (Fsp3) is 0.909. The number of carbonyl (C=O) groups is 1. The van der Waals surface area contributed by atoms with Crippen molar-refractivity contribution in [2.75, 3.05) is 20.2 Å². The van der Waals surface area contributed by atoms with E-state index in [1.54, 1.807) is 7.11 Å². The van der Waals surface area contributed by atoms with Crippen molar-refractivity contribution in [2.45, 2.75) is 38.3 Å². The van der Waals surface area contributed by atoms with Gasteiger partial charge in [0.25, 0.3) is 0 Å². The molecule has 0 radical (unpaired) electrons. The zero-order valence-electron chi connectivity index (χ0n) is 10.2. The molecule has 0 unspecified atom stereocenters. The van der Waals surface area contributed by atoms with Crippen LogP contribution in [-0.2, 0) is 4.74 Å². The highest BCUT2D eigenvalue weighted by atomic mass is 16.5. The SMILES string of the molecule is CO[C@H]1CCNC[C@@H]1CC(C)(C)NC(=O)O. The first kappa shape index (κ1) is 13.3. The van der Waals surface area contributed by atoms with Crippen molar-refractivity contribution >= 4 is 6.09 Å². The molecule has 0 aliphatic carbocycles. The Bertz CT molecular complexity index is 243. The molecular weight excluding hydrogens is 208 g/mol. The molecule has 0 aromatic rings. The van der Waals surface area contributed by atoms with Gasteiger partial charge in [-0.1, -0.05) is 0 Å². The molecule has 1 amide bonds. The van der Waals surface area contributed by atoms with Gasteiger partial charge in [0.15, 0.2) is 0 Å². The van der Waals surface area contributed by atoms with Crippen molar-refractivity contribution in [3.05, 3.63) is 0 Å². The van der Waals surface area contributed by atoms with Crippen LogP contribution in [0.2, 0.25) is 0 Å². The first-order valence-corrected chi connectivity index (χ1v) is 5.69. The third-order valence-corrected chi connectivity index (χ3v) is 3.06. The molecular formula is C11H22N2O3. The maximum Gasteiger partial charge on any atom is 0.405 e. The molecule has 2 atom stereocenters. The summed E-state index contributed by atoms with van der Waals surface area (Å²) >= 11 is 0. The van der Waals surface area contributed by atoms with E-state index in [2.05, 4.69) is 10.6 Å². The third kappa shape index (κ3) is 3.98. The summed E-state index contributed by atoms with van der Waals surface area (Å²) in [6.45, 7) is 5.68. The Labute approximate surface area is 96.6 Å². The maximum absolute atomic E-state index is 10.6. The lowest BCUT2D eigenvalue weighted by molar-refractivity contribution is 0.0184. The Morgan fingerprint density at radius 2 is 2.31 bits per heavy atom. The van der Waals surface area contributed by atoms with Crippen LogP contribution in [0.1, 0.15) is 26.7 Å². The molecule has 0 aromatic heterocycles. The minimum Gasteiger partial charge on any atom is -0.465 e. The number of piperidine rings is 1. The molecule has 1 aliphatic heterocycles. The fourth-order valence-electron chi connectivity index (χ4n) is 2.41. The summed E-state index contributed by atoms with van der Waals surface area (Å²) in [7, 11) is 1.72. The number of hydrogen-bond donors (Lipinski definition) is 3. The van der Waals surface area contributed by atoms with Gasteiger partial charge in [0.2, 0.25) is 0 Å². The Hall–Kier alpha value is -0.810. The van der Waals surface area contributed by atoms with Gasteiger partial charge in [-0.05, 0) is 39.2 Å². The topological polar surface area (TPSA) is 70.6 Å². The van der Waals surface area contributed by atoms with E-state index in [0.717, 1.165) is 25.9 Å². The average molecular weight is 230 g/mol. The molecule has 1 fully saturated rings.